The molecule has 0 spiro atoms. The van der Waals surface area contributed by atoms with Crippen molar-refractivity contribution in [1.29, 1.82) is 0 Å². The van der Waals surface area contributed by atoms with Crippen molar-refractivity contribution < 1.29 is 22.7 Å². The van der Waals surface area contributed by atoms with Crippen LogP contribution in [0.15, 0.2) is 31.5 Å². The number of allylic oxidation sites excluding steroid dienone is 2. The summed E-state index contributed by atoms with van der Waals surface area (Å²) in [5.41, 5.74) is -1.11. The van der Waals surface area contributed by atoms with Crippen molar-refractivity contribution in [1.82, 2.24) is 14.3 Å². The molecule has 5 nitrogen and oxygen atoms in total. The fourth-order valence-electron chi connectivity index (χ4n) is 3.60. The van der Waals surface area contributed by atoms with E-state index in [1.54, 1.807) is 4.90 Å². The van der Waals surface area contributed by atoms with E-state index in [2.05, 4.69) is 32.0 Å². The van der Waals surface area contributed by atoms with Crippen molar-refractivity contribution in [2.75, 3.05) is 19.7 Å². The SMILES string of the molecule is C=CC(=C)c1cc(C(F)(F)F)c2nc(C(=O)N3CCC(OCCC(C)C)CC3)c(Cl)n2c1. The number of halogens is 4. The number of ether oxygens (including phenoxy) is 1. The summed E-state index contributed by atoms with van der Waals surface area (Å²) in [7, 11) is 0. The van der Waals surface area contributed by atoms with Crippen molar-refractivity contribution in [2.45, 2.75) is 45.4 Å². The minimum absolute atomic E-state index is 0.0682. The molecular formula is C23H27ClF3N3O2. The largest absolute Gasteiger partial charge is 0.420 e. The Balaban J connectivity index is 1.85. The van der Waals surface area contributed by atoms with Crippen LogP contribution in [0.3, 0.4) is 0 Å². The van der Waals surface area contributed by atoms with Gasteiger partial charge in [0.25, 0.3) is 5.91 Å². The minimum Gasteiger partial charge on any atom is -0.378 e. The zero-order valence-corrected chi connectivity index (χ0v) is 19.0. The molecule has 9 heteroatoms. The zero-order valence-electron chi connectivity index (χ0n) is 18.2. The van der Waals surface area contributed by atoms with Gasteiger partial charge in [-0.25, -0.2) is 4.98 Å². The van der Waals surface area contributed by atoms with Crippen molar-refractivity contribution in [3.05, 3.63) is 53.5 Å². The molecule has 174 valence electrons. The summed E-state index contributed by atoms with van der Waals surface area (Å²) < 4.78 is 48.0. The molecule has 0 aromatic carbocycles. The summed E-state index contributed by atoms with van der Waals surface area (Å²) in [4.78, 5) is 18.6. The molecule has 1 saturated heterocycles. The molecule has 0 atom stereocenters. The Bertz CT molecular complexity index is 1020. The standard InChI is InChI=1S/C23H27ClF3N3O2/c1-5-15(4)16-12-18(23(25,26)27)21-28-19(20(24)30(21)13-16)22(31)29-9-6-17(7-10-29)32-11-8-14(2)3/h5,12-14,17H,1,4,6-11H2,2-3H3. The van der Waals surface area contributed by atoms with Crippen LogP contribution >= 0.6 is 11.6 Å². The lowest BCUT2D eigenvalue weighted by Crippen LogP contribution is -2.41. The maximum Gasteiger partial charge on any atom is 0.420 e. The smallest absolute Gasteiger partial charge is 0.378 e. The monoisotopic (exact) mass is 469 g/mol. The van der Waals surface area contributed by atoms with Gasteiger partial charge in [0, 0.05) is 25.9 Å². The first-order valence-corrected chi connectivity index (χ1v) is 10.9. The molecule has 32 heavy (non-hydrogen) atoms. The van der Waals surface area contributed by atoms with E-state index in [-0.39, 0.29) is 22.5 Å². The molecule has 1 aliphatic rings. The lowest BCUT2D eigenvalue weighted by molar-refractivity contribution is -0.136. The van der Waals surface area contributed by atoms with Gasteiger partial charge < -0.3 is 9.64 Å². The third-order valence-corrected chi connectivity index (χ3v) is 5.93. The highest BCUT2D eigenvalue weighted by atomic mass is 35.5. The third-order valence-electron chi connectivity index (χ3n) is 5.56. The Morgan fingerprint density at radius 1 is 1.38 bits per heavy atom. The van der Waals surface area contributed by atoms with Crippen LogP contribution in [0.25, 0.3) is 11.2 Å². The fourth-order valence-corrected chi connectivity index (χ4v) is 3.85. The minimum atomic E-state index is -4.68. The molecule has 2 aromatic rings. The number of carbonyl (C=O) groups excluding carboxylic acids is 1. The topological polar surface area (TPSA) is 46.8 Å². The average molecular weight is 470 g/mol. The number of likely N-dealkylation sites (tertiary alicyclic amines) is 1. The summed E-state index contributed by atoms with van der Waals surface area (Å²) in [5, 5.41) is -0.162. The molecule has 1 amide bonds. The molecule has 2 aromatic heterocycles. The molecule has 1 fully saturated rings. The van der Waals surface area contributed by atoms with Crippen molar-refractivity contribution in [3.8, 4) is 0 Å². The van der Waals surface area contributed by atoms with Gasteiger partial charge >= 0.3 is 6.18 Å². The number of hydrogen-bond donors (Lipinski definition) is 0. The van der Waals surface area contributed by atoms with E-state index >= 15 is 0 Å². The number of nitrogens with zero attached hydrogens (tertiary/aromatic N) is 3. The highest BCUT2D eigenvalue weighted by Gasteiger charge is 2.37. The summed E-state index contributed by atoms with van der Waals surface area (Å²) in [5.74, 6) is 0.0659. The van der Waals surface area contributed by atoms with E-state index in [9.17, 15) is 18.0 Å². The Hall–Kier alpha value is -2.32. The van der Waals surface area contributed by atoms with E-state index in [1.807, 2.05) is 0 Å². The first kappa shape index (κ1) is 24.3. The second-order valence-corrected chi connectivity index (χ2v) is 8.72. The van der Waals surface area contributed by atoms with Gasteiger partial charge in [-0.05, 0) is 42.4 Å². The lowest BCUT2D eigenvalue weighted by Gasteiger charge is -2.31. The second-order valence-electron chi connectivity index (χ2n) is 8.36. The van der Waals surface area contributed by atoms with Gasteiger partial charge in [-0.2, -0.15) is 13.2 Å². The lowest BCUT2D eigenvalue weighted by atomic mass is 10.1. The Morgan fingerprint density at radius 2 is 2.03 bits per heavy atom. The first-order chi connectivity index (χ1) is 15.0. The van der Waals surface area contributed by atoms with E-state index in [1.165, 1.54) is 12.3 Å². The van der Waals surface area contributed by atoms with Gasteiger partial charge in [-0.3, -0.25) is 9.20 Å². The van der Waals surface area contributed by atoms with Gasteiger partial charge in [-0.15, -0.1) is 0 Å². The molecule has 3 rings (SSSR count). The number of aromatic nitrogens is 2. The van der Waals surface area contributed by atoms with Gasteiger partial charge in [0.1, 0.15) is 5.15 Å². The summed E-state index contributed by atoms with van der Waals surface area (Å²) in [6.07, 6.45) is 0.412. The predicted octanol–water partition coefficient (Wildman–Crippen LogP) is 5.87. The average Bonchev–Trinajstić information content (AvgIpc) is 3.08. The molecule has 0 unspecified atom stereocenters. The number of carbonyl (C=O) groups is 1. The van der Waals surface area contributed by atoms with Gasteiger partial charge in [0.2, 0.25) is 0 Å². The Kier molecular flexibility index (Phi) is 7.35. The number of rotatable bonds is 7. The predicted molar refractivity (Wildman–Crippen MR) is 119 cm³/mol. The number of alkyl halides is 3. The number of hydrogen-bond acceptors (Lipinski definition) is 3. The molecule has 0 radical (unpaired) electrons. The van der Waals surface area contributed by atoms with Crippen LogP contribution in [0.2, 0.25) is 5.15 Å². The van der Waals surface area contributed by atoms with Crippen molar-refractivity contribution in [3.63, 3.8) is 0 Å². The summed E-state index contributed by atoms with van der Waals surface area (Å²) in [6.45, 7) is 13.0. The highest BCUT2D eigenvalue weighted by molar-refractivity contribution is 6.33. The van der Waals surface area contributed by atoms with Crippen LogP contribution in [0.5, 0.6) is 0 Å². The number of piperidine rings is 1. The zero-order chi connectivity index (χ0) is 23.6. The second kappa shape index (κ2) is 9.67. The number of imidazole rings is 1. The number of pyridine rings is 1. The van der Waals surface area contributed by atoms with Crippen molar-refractivity contribution in [2.24, 2.45) is 5.92 Å². The highest BCUT2D eigenvalue weighted by Crippen LogP contribution is 2.36. The molecular weight excluding hydrogens is 443 g/mol. The third kappa shape index (κ3) is 5.18. The Morgan fingerprint density at radius 3 is 2.59 bits per heavy atom. The van der Waals surface area contributed by atoms with Crippen LogP contribution in [0, 0.1) is 5.92 Å². The van der Waals surface area contributed by atoms with Crippen LogP contribution < -0.4 is 0 Å². The van der Waals surface area contributed by atoms with Crippen LogP contribution in [0.4, 0.5) is 13.2 Å². The molecule has 0 bridgehead atoms. The van der Waals surface area contributed by atoms with E-state index < -0.39 is 23.3 Å². The van der Waals surface area contributed by atoms with Crippen LogP contribution in [-0.2, 0) is 10.9 Å². The number of amides is 1. The van der Waals surface area contributed by atoms with Gasteiger partial charge in [0.15, 0.2) is 11.3 Å². The molecule has 1 aliphatic heterocycles. The van der Waals surface area contributed by atoms with Crippen LogP contribution in [0.1, 0.15) is 54.7 Å². The maximum atomic E-state index is 13.7. The van der Waals surface area contributed by atoms with E-state index in [0.29, 0.717) is 44.0 Å². The molecule has 0 aliphatic carbocycles. The van der Waals surface area contributed by atoms with Crippen LogP contribution in [-0.4, -0.2) is 46.0 Å². The quantitative estimate of drug-likeness (QED) is 0.476. The van der Waals surface area contributed by atoms with Crippen molar-refractivity contribution >= 4 is 28.7 Å². The maximum absolute atomic E-state index is 13.7. The first-order valence-electron chi connectivity index (χ1n) is 10.5. The molecule has 0 saturated carbocycles. The molecule has 3 heterocycles. The van der Waals surface area contributed by atoms with E-state index in [0.717, 1.165) is 16.9 Å². The van der Waals surface area contributed by atoms with E-state index in [4.69, 9.17) is 16.3 Å². The summed E-state index contributed by atoms with van der Waals surface area (Å²) >= 11 is 6.35. The Labute approximate surface area is 190 Å². The normalized spacial score (nSPS) is 15.5. The molecule has 0 N–H and O–H groups in total. The summed E-state index contributed by atoms with van der Waals surface area (Å²) in [6, 6.07) is 0.941. The fraction of sp³-hybridized carbons (Fsp3) is 0.478. The number of fused-ring (bicyclic) bond motifs is 1. The van der Waals surface area contributed by atoms with Gasteiger partial charge in [-0.1, -0.05) is 44.7 Å². The van der Waals surface area contributed by atoms with Gasteiger partial charge in [0.05, 0.1) is 11.7 Å².